The first-order valence-corrected chi connectivity index (χ1v) is 9.72. The number of aromatic amines is 1. The first-order chi connectivity index (χ1) is 14.4. The van der Waals surface area contributed by atoms with Gasteiger partial charge in [0.15, 0.2) is 0 Å². The predicted octanol–water partition coefficient (Wildman–Crippen LogP) is 3.44. The molecule has 1 aromatic heterocycles. The van der Waals surface area contributed by atoms with Crippen molar-refractivity contribution in [2.45, 2.75) is 19.3 Å². The highest BCUT2D eigenvalue weighted by Crippen LogP contribution is 2.32. The van der Waals surface area contributed by atoms with Gasteiger partial charge in [-0.2, -0.15) is 0 Å². The molecule has 1 unspecified atom stereocenters. The first-order valence-electron chi connectivity index (χ1n) is 9.72. The number of carbonyl (C=O) groups excluding carboxylic acids is 2. The molecule has 1 atom stereocenters. The number of carbonyl (C=O) groups is 2. The SMILES string of the molecule is O=C1CCC(C(=O)NCCc2c(-c3ccc(F)cc3)[nH]c3c(F)cc(F)cc23)CN1. The van der Waals surface area contributed by atoms with E-state index in [2.05, 4.69) is 15.6 Å². The summed E-state index contributed by atoms with van der Waals surface area (Å²) in [6.07, 6.45) is 1.12. The first kappa shape index (κ1) is 20.0. The average Bonchev–Trinajstić information content (AvgIpc) is 3.08. The van der Waals surface area contributed by atoms with E-state index in [1.165, 1.54) is 18.2 Å². The molecule has 0 spiro atoms. The van der Waals surface area contributed by atoms with Crippen molar-refractivity contribution >= 4 is 22.7 Å². The smallest absolute Gasteiger partial charge is 0.224 e. The van der Waals surface area contributed by atoms with Crippen LogP contribution in [-0.2, 0) is 16.0 Å². The highest BCUT2D eigenvalue weighted by molar-refractivity contribution is 5.91. The lowest BCUT2D eigenvalue weighted by atomic mass is 9.98. The number of hydrogen-bond acceptors (Lipinski definition) is 2. The van der Waals surface area contributed by atoms with E-state index in [9.17, 15) is 22.8 Å². The van der Waals surface area contributed by atoms with Gasteiger partial charge in [0, 0.05) is 36.7 Å². The summed E-state index contributed by atoms with van der Waals surface area (Å²) in [7, 11) is 0. The van der Waals surface area contributed by atoms with Crippen LogP contribution in [-0.4, -0.2) is 29.9 Å². The Morgan fingerprint density at radius 1 is 1.10 bits per heavy atom. The van der Waals surface area contributed by atoms with E-state index in [-0.39, 0.29) is 29.8 Å². The van der Waals surface area contributed by atoms with E-state index in [1.54, 1.807) is 12.1 Å². The van der Waals surface area contributed by atoms with Gasteiger partial charge in [-0.25, -0.2) is 13.2 Å². The standard InChI is InChI=1S/C22H20F3N3O2/c23-14-4-1-12(2-5-14)20-16(17-9-15(24)10-18(25)21(17)28-20)7-8-26-22(30)13-3-6-19(29)27-11-13/h1-2,4-5,9-10,13,28H,3,6-8,11H2,(H,26,30)(H,27,29). The summed E-state index contributed by atoms with van der Waals surface area (Å²) < 4.78 is 41.5. The van der Waals surface area contributed by atoms with Crippen LogP contribution in [0.4, 0.5) is 13.2 Å². The van der Waals surface area contributed by atoms with Gasteiger partial charge in [-0.1, -0.05) is 0 Å². The minimum atomic E-state index is -0.721. The monoisotopic (exact) mass is 415 g/mol. The largest absolute Gasteiger partial charge is 0.355 e. The molecule has 0 aliphatic carbocycles. The number of hydrogen-bond donors (Lipinski definition) is 3. The number of piperidine rings is 1. The highest BCUT2D eigenvalue weighted by Gasteiger charge is 2.24. The van der Waals surface area contributed by atoms with Crippen molar-refractivity contribution in [1.29, 1.82) is 0 Å². The number of nitrogens with one attached hydrogen (secondary N) is 3. The van der Waals surface area contributed by atoms with Gasteiger partial charge in [0.25, 0.3) is 0 Å². The summed E-state index contributed by atoms with van der Waals surface area (Å²) in [4.78, 5) is 26.6. The third kappa shape index (κ3) is 4.03. The van der Waals surface area contributed by atoms with Crippen LogP contribution in [0.25, 0.3) is 22.2 Å². The Kier molecular flexibility index (Phi) is 5.48. The second-order valence-corrected chi connectivity index (χ2v) is 7.38. The summed E-state index contributed by atoms with van der Waals surface area (Å²) in [5, 5.41) is 5.89. The Hall–Kier alpha value is -3.29. The Bertz CT molecular complexity index is 1100. The molecule has 156 valence electrons. The van der Waals surface area contributed by atoms with Gasteiger partial charge in [0.1, 0.15) is 17.5 Å². The Balaban J connectivity index is 1.58. The maximum atomic E-state index is 14.3. The zero-order valence-corrected chi connectivity index (χ0v) is 16.0. The molecule has 1 fully saturated rings. The van der Waals surface area contributed by atoms with Crippen LogP contribution >= 0.6 is 0 Å². The fourth-order valence-corrected chi connectivity index (χ4v) is 3.81. The number of rotatable bonds is 5. The van der Waals surface area contributed by atoms with Crippen LogP contribution in [0.5, 0.6) is 0 Å². The summed E-state index contributed by atoms with van der Waals surface area (Å²) in [6, 6.07) is 7.75. The van der Waals surface area contributed by atoms with Gasteiger partial charge in [0.05, 0.1) is 11.4 Å². The van der Waals surface area contributed by atoms with Crippen LogP contribution in [0.1, 0.15) is 18.4 Å². The molecule has 3 aromatic rings. The fourth-order valence-electron chi connectivity index (χ4n) is 3.81. The number of halogens is 3. The van der Waals surface area contributed by atoms with Gasteiger partial charge >= 0.3 is 0 Å². The summed E-state index contributed by atoms with van der Waals surface area (Å²) in [5.74, 6) is -2.35. The minimum absolute atomic E-state index is 0.0640. The van der Waals surface area contributed by atoms with Crippen LogP contribution in [0.2, 0.25) is 0 Å². The summed E-state index contributed by atoms with van der Waals surface area (Å²) in [6.45, 7) is 0.553. The van der Waals surface area contributed by atoms with Crippen molar-refractivity contribution < 1.29 is 22.8 Å². The molecule has 4 rings (SSSR count). The molecule has 30 heavy (non-hydrogen) atoms. The Morgan fingerprint density at radius 2 is 1.87 bits per heavy atom. The summed E-state index contributed by atoms with van der Waals surface area (Å²) in [5.41, 5.74) is 1.97. The molecule has 0 saturated carbocycles. The van der Waals surface area contributed by atoms with Gasteiger partial charge in [-0.3, -0.25) is 9.59 Å². The quantitative estimate of drug-likeness (QED) is 0.597. The van der Waals surface area contributed by atoms with Gasteiger partial charge < -0.3 is 15.6 Å². The van der Waals surface area contributed by atoms with Gasteiger partial charge in [-0.05, 0) is 54.3 Å². The Morgan fingerprint density at radius 3 is 2.57 bits per heavy atom. The number of aromatic nitrogens is 1. The maximum absolute atomic E-state index is 14.3. The Labute approximate surface area is 170 Å². The number of benzene rings is 2. The third-order valence-electron chi connectivity index (χ3n) is 5.38. The topological polar surface area (TPSA) is 74.0 Å². The molecule has 2 aromatic carbocycles. The van der Waals surface area contributed by atoms with Crippen LogP contribution in [0.15, 0.2) is 36.4 Å². The average molecular weight is 415 g/mol. The van der Waals surface area contributed by atoms with E-state index in [0.717, 1.165) is 6.07 Å². The van der Waals surface area contributed by atoms with Crippen molar-refractivity contribution in [2.24, 2.45) is 5.92 Å². The summed E-state index contributed by atoms with van der Waals surface area (Å²) >= 11 is 0. The normalized spacial score (nSPS) is 16.5. The number of H-pyrrole nitrogens is 1. The van der Waals surface area contributed by atoms with Gasteiger partial charge in [0.2, 0.25) is 11.8 Å². The molecule has 8 heteroatoms. The van der Waals surface area contributed by atoms with Crippen molar-refractivity contribution in [2.75, 3.05) is 13.1 Å². The molecule has 5 nitrogen and oxygen atoms in total. The molecule has 0 bridgehead atoms. The van der Waals surface area contributed by atoms with Crippen LogP contribution < -0.4 is 10.6 Å². The lowest BCUT2D eigenvalue weighted by Crippen LogP contribution is -2.43. The molecule has 1 saturated heterocycles. The molecule has 2 heterocycles. The van der Waals surface area contributed by atoms with E-state index in [4.69, 9.17) is 0 Å². The van der Waals surface area contributed by atoms with E-state index >= 15 is 0 Å². The lowest BCUT2D eigenvalue weighted by molar-refractivity contribution is -0.128. The zero-order valence-electron chi connectivity index (χ0n) is 16.0. The van der Waals surface area contributed by atoms with Crippen molar-refractivity contribution in [3.05, 3.63) is 59.4 Å². The van der Waals surface area contributed by atoms with Crippen molar-refractivity contribution in [3.63, 3.8) is 0 Å². The van der Waals surface area contributed by atoms with Gasteiger partial charge in [-0.15, -0.1) is 0 Å². The molecule has 3 N–H and O–H groups in total. The number of amides is 2. The van der Waals surface area contributed by atoms with Crippen molar-refractivity contribution in [3.8, 4) is 11.3 Å². The highest BCUT2D eigenvalue weighted by atomic mass is 19.1. The molecule has 0 radical (unpaired) electrons. The molecule has 1 aliphatic heterocycles. The van der Waals surface area contributed by atoms with E-state index in [1.807, 2.05) is 0 Å². The maximum Gasteiger partial charge on any atom is 0.224 e. The second kappa shape index (κ2) is 8.22. The molecule has 1 aliphatic rings. The molecule has 2 amide bonds. The zero-order chi connectivity index (χ0) is 21.3. The third-order valence-corrected chi connectivity index (χ3v) is 5.38. The van der Waals surface area contributed by atoms with Crippen LogP contribution in [0, 0.1) is 23.4 Å². The van der Waals surface area contributed by atoms with E-state index < -0.39 is 17.5 Å². The van der Waals surface area contributed by atoms with Crippen molar-refractivity contribution in [1.82, 2.24) is 15.6 Å². The molecular formula is C22H20F3N3O2. The molecular weight excluding hydrogens is 395 g/mol. The minimum Gasteiger partial charge on any atom is -0.355 e. The van der Waals surface area contributed by atoms with Crippen LogP contribution in [0.3, 0.4) is 0 Å². The predicted molar refractivity (Wildman–Crippen MR) is 106 cm³/mol. The lowest BCUT2D eigenvalue weighted by Gasteiger charge is -2.21. The number of fused-ring (bicyclic) bond motifs is 1. The second-order valence-electron chi connectivity index (χ2n) is 7.38. The van der Waals surface area contributed by atoms with E-state index in [0.29, 0.717) is 48.0 Å². The fraction of sp³-hybridized carbons (Fsp3) is 0.273.